The van der Waals surface area contributed by atoms with Gasteiger partial charge >= 0.3 is 6.03 Å². The van der Waals surface area contributed by atoms with Crippen molar-refractivity contribution >= 4 is 17.5 Å². The van der Waals surface area contributed by atoms with Gasteiger partial charge in [-0.3, -0.25) is 5.32 Å². The van der Waals surface area contributed by atoms with Gasteiger partial charge in [0.2, 0.25) is 6.79 Å². The maximum absolute atomic E-state index is 12.7. The number of carbonyl (C=O) groups excluding carboxylic acids is 1. The van der Waals surface area contributed by atoms with Gasteiger partial charge in [-0.1, -0.05) is 19.4 Å². The standard InChI is InChI=1S/C22H24N4O4/c1-3-4-6-16-12-21(26(25-16)17-7-5-8-18(13-17)28-2)24-22(27)23-15-9-10-19-20(11-15)30-14-29-19/h5,7-13H,3-4,6,14H2,1-2H3,(H2,23,24,27). The van der Waals surface area contributed by atoms with Crippen molar-refractivity contribution in [2.45, 2.75) is 26.2 Å². The Labute approximate surface area is 174 Å². The molecule has 0 saturated carbocycles. The molecule has 0 unspecified atom stereocenters. The molecule has 1 aliphatic heterocycles. The van der Waals surface area contributed by atoms with Gasteiger partial charge in [0.15, 0.2) is 11.5 Å². The lowest BCUT2D eigenvalue weighted by molar-refractivity contribution is 0.174. The van der Waals surface area contributed by atoms with Crippen LogP contribution in [0.3, 0.4) is 0 Å². The van der Waals surface area contributed by atoms with Crippen molar-refractivity contribution < 1.29 is 19.0 Å². The number of rotatable bonds is 7. The molecule has 2 heterocycles. The van der Waals surface area contributed by atoms with Crippen LogP contribution in [0.1, 0.15) is 25.5 Å². The minimum absolute atomic E-state index is 0.186. The van der Waals surface area contributed by atoms with Crippen LogP contribution in [-0.2, 0) is 6.42 Å². The number of hydrogen-bond donors (Lipinski definition) is 2. The van der Waals surface area contributed by atoms with Gasteiger partial charge in [0.1, 0.15) is 11.6 Å². The summed E-state index contributed by atoms with van der Waals surface area (Å²) in [5.41, 5.74) is 2.32. The molecule has 2 aromatic carbocycles. The second kappa shape index (κ2) is 8.77. The molecule has 0 bridgehead atoms. The predicted octanol–water partition coefficient (Wildman–Crippen LogP) is 4.60. The number of carbonyl (C=O) groups is 1. The molecule has 8 nitrogen and oxygen atoms in total. The largest absolute Gasteiger partial charge is 0.497 e. The lowest BCUT2D eigenvalue weighted by atomic mass is 10.2. The van der Waals surface area contributed by atoms with Gasteiger partial charge in [-0.2, -0.15) is 5.10 Å². The SMILES string of the molecule is CCCCc1cc(NC(=O)Nc2ccc3c(c2)OCO3)n(-c2cccc(OC)c2)n1. The fourth-order valence-electron chi connectivity index (χ4n) is 3.19. The molecule has 4 rings (SSSR count). The average Bonchev–Trinajstić information content (AvgIpc) is 3.38. The maximum atomic E-state index is 12.7. The van der Waals surface area contributed by atoms with Gasteiger partial charge < -0.3 is 19.5 Å². The molecule has 1 aliphatic rings. The summed E-state index contributed by atoms with van der Waals surface area (Å²) in [5, 5.41) is 10.4. The average molecular weight is 408 g/mol. The smallest absolute Gasteiger partial charge is 0.324 e. The Bertz CT molecular complexity index is 1050. The molecule has 0 radical (unpaired) electrons. The summed E-state index contributed by atoms with van der Waals surface area (Å²) in [7, 11) is 1.62. The van der Waals surface area contributed by atoms with E-state index in [1.54, 1.807) is 30.0 Å². The van der Waals surface area contributed by atoms with Crippen molar-refractivity contribution in [2.75, 3.05) is 24.5 Å². The summed E-state index contributed by atoms with van der Waals surface area (Å²) in [5.74, 6) is 2.56. The number of nitrogens with one attached hydrogen (secondary N) is 2. The molecule has 8 heteroatoms. The van der Waals surface area contributed by atoms with E-state index in [0.29, 0.717) is 28.8 Å². The number of aromatic nitrogens is 2. The van der Waals surface area contributed by atoms with Crippen molar-refractivity contribution in [2.24, 2.45) is 0 Å². The third-order valence-corrected chi connectivity index (χ3v) is 4.72. The number of aryl methyl sites for hydroxylation is 1. The molecular weight excluding hydrogens is 384 g/mol. The van der Waals surface area contributed by atoms with Gasteiger partial charge in [-0.15, -0.1) is 0 Å². The van der Waals surface area contributed by atoms with Crippen LogP contribution in [0.25, 0.3) is 5.69 Å². The second-order valence-corrected chi connectivity index (χ2v) is 6.88. The molecule has 1 aromatic heterocycles. The van der Waals surface area contributed by atoms with Crippen molar-refractivity contribution in [1.29, 1.82) is 0 Å². The summed E-state index contributed by atoms with van der Waals surface area (Å²) in [6, 6.07) is 14.3. The number of ether oxygens (including phenoxy) is 3. The Morgan fingerprint density at radius 3 is 2.83 bits per heavy atom. The number of fused-ring (bicyclic) bond motifs is 1. The first kappa shape index (κ1) is 19.6. The highest BCUT2D eigenvalue weighted by Gasteiger charge is 2.16. The first-order valence-corrected chi connectivity index (χ1v) is 9.87. The molecule has 2 amide bonds. The zero-order valence-electron chi connectivity index (χ0n) is 17.0. The molecular formula is C22H24N4O4. The van der Waals surface area contributed by atoms with Crippen LogP contribution in [0, 0.1) is 0 Å². The summed E-state index contributed by atoms with van der Waals surface area (Å²) in [6.07, 6.45) is 2.93. The lowest BCUT2D eigenvalue weighted by Crippen LogP contribution is -2.21. The molecule has 0 atom stereocenters. The van der Waals surface area contributed by atoms with E-state index in [9.17, 15) is 4.79 Å². The summed E-state index contributed by atoms with van der Waals surface area (Å²) in [6.45, 7) is 2.32. The van der Waals surface area contributed by atoms with E-state index in [1.165, 1.54) is 0 Å². The van der Waals surface area contributed by atoms with Crippen molar-refractivity contribution in [3.05, 3.63) is 54.2 Å². The van der Waals surface area contributed by atoms with Crippen LogP contribution in [0.2, 0.25) is 0 Å². The molecule has 156 valence electrons. The fraction of sp³-hybridized carbons (Fsp3) is 0.273. The molecule has 0 aliphatic carbocycles. The van der Waals surface area contributed by atoms with E-state index in [-0.39, 0.29) is 12.8 Å². The van der Waals surface area contributed by atoms with E-state index in [2.05, 4.69) is 22.7 Å². The highest BCUT2D eigenvalue weighted by Crippen LogP contribution is 2.34. The van der Waals surface area contributed by atoms with Crippen LogP contribution in [0.4, 0.5) is 16.3 Å². The Kier molecular flexibility index (Phi) is 5.74. The Hall–Kier alpha value is -3.68. The predicted molar refractivity (Wildman–Crippen MR) is 114 cm³/mol. The Morgan fingerprint density at radius 2 is 2.00 bits per heavy atom. The normalized spacial score (nSPS) is 11.9. The van der Waals surface area contributed by atoms with Gasteiger partial charge in [0.05, 0.1) is 18.5 Å². The maximum Gasteiger partial charge on any atom is 0.324 e. The van der Waals surface area contributed by atoms with Crippen molar-refractivity contribution in [3.63, 3.8) is 0 Å². The van der Waals surface area contributed by atoms with Crippen LogP contribution >= 0.6 is 0 Å². The van der Waals surface area contributed by atoms with E-state index in [4.69, 9.17) is 14.2 Å². The van der Waals surface area contributed by atoms with Crippen LogP contribution < -0.4 is 24.8 Å². The zero-order valence-corrected chi connectivity index (χ0v) is 17.0. The van der Waals surface area contributed by atoms with Crippen LogP contribution in [0.15, 0.2) is 48.5 Å². The molecule has 0 fully saturated rings. The lowest BCUT2D eigenvalue weighted by Gasteiger charge is -2.11. The first-order valence-electron chi connectivity index (χ1n) is 9.87. The van der Waals surface area contributed by atoms with Crippen LogP contribution in [-0.4, -0.2) is 29.7 Å². The van der Waals surface area contributed by atoms with Gasteiger partial charge in [0, 0.05) is 23.9 Å². The number of urea groups is 1. The minimum Gasteiger partial charge on any atom is -0.497 e. The quantitative estimate of drug-likeness (QED) is 0.597. The number of amides is 2. The molecule has 0 spiro atoms. The second-order valence-electron chi connectivity index (χ2n) is 6.88. The number of methoxy groups -OCH3 is 1. The van der Waals surface area contributed by atoms with Crippen molar-refractivity contribution in [3.8, 4) is 22.9 Å². The monoisotopic (exact) mass is 408 g/mol. The first-order chi connectivity index (χ1) is 14.7. The molecule has 3 aromatic rings. The molecule has 30 heavy (non-hydrogen) atoms. The fourth-order valence-corrected chi connectivity index (χ4v) is 3.19. The van der Waals surface area contributed by atoms with Crippen molar-refractivity contribution in [1.82, 2.24) is 9.78 Å². The van der Waals surface area contributed by atoms with E-state index < -0.39 is 0 Å². The molecule has 0 saturated heterocycles. The van der Waals surface area contributed by atoms with E-state index in [1.807, 2.05) is 30.3 Å². The number of unbranched alkanes of at least 4 members (excludes halogenated alkanes) is 1. The molecule has 2 N–H and O–H groups in total. The highest BCUT2D eigenvalue weighted by molar-refractivity contribution is 5.99. The Balaban J connectivity index is 1.55. The minimum atomic E-state index is -0.375. The van der Waals surface area contributed by atoms with Gasteiger partial charge in [-0.05, 0) is 37.1 Å². The third-order valence-electron chi connectivity index (χ3n) is 4.72. The summed E-state index contributed by atoms with van der Waals surface area (Å²) >= 11 is 0. The number of hydrogen-bond acceptors (Lipinski definition) is 5. The van der Waals surface area contributed by atoms with Gasteiger partial charge in [-0.25, -0.2) is 9.48 Å². The van der Waals surface area contributed by atoms with Crippen LogP contribution in [0.5, 0.6) is 17.2 Å². The highest BCUT2D eigenvalue weighted by atomic mass is 16.7. The summed E-state index contributed by atoms with van der Waals surface area (Å²) < 4.78 is 17.7. The topological polar surface area (TPSA) is 86.6 Å². The van der Waals surface area contributed by atoms with E-state index in [0.717, 1.165) is 30.6 Å². The van der Waals surface area contributed by atoms with E-state index >= 15 is 0 Å². The third kappa shape index (κ3) is 4.32. The number of benzene rings is 2. The zero-order chi connectivity index (χ0) is 20.9. The van der Waals surface area contributed by atoms with Gasteiger partial charge in [0.25, 0.3) is 0 Å². The Morgan fingerprint density at radius 1 is 1.13 bits per heavy atom. The summed E-state index contributed by atoms with van der Waals surface area (Å²) in [4.78, 5) is 12.7. The number of anilines is 2. The number of nitrogens with zero attached hydrogens (tertiary/aromatic N) is 2.